The number of benzene rings is 4. The first-order chi connectivity index (χ1) is 23.3. The zero-order chi connectivity index (χ0) is 33.2. The van der Waals surface area contributed by atoms with Crippen LogP contribution >= 0.6 is 0 Å². The van der Waals surface area contributed by atoms with Crippen LogP contribution in [0.2, 0.25) is 0 Å². The van der Waals surface area contributed by atoms with Gasteiger partial charge in [-0.3, -0.25) is 9.89 Å². The number of rotatable bonds is 8. The summed E-state index contributed by atoms with van der Waals surface area (Å²) in [6.45, 7) is 4.80. The average Bonchev–Trinajstić information content (AvgIpc) is 3.45. The number of phenolic OH excluding ortho intramolecular Hbond substituents is 1. The molecule has 0 unspecified atom stereocenters. The predicted molar refractivity (Wildman–Crippen MR) is 179 cm³/mol. The smallest absolute Gasteiger partial charge is 0.258 e. The molecular weight excluding hydrogens is 621 g/mol. The number of aromatic amines is 1. The highest BCUT2D eigenvalue weighted by Gasteiger charge is 2.22. The van der Waals surface area contributed by atoms with Gasteiger partial charge in [-0.05, 0) is 96.1 Å². The van der Waals surface area contributed by atoms with E-state index in [0.717, 1.165) is 62.5 Å². The van der Waals surface area contributed by atoms with E-state index in [2.05, 4.69) is 31.0 Å². The molecule has 0 atom stereocenters. The van der Waals surface area contributed by atoms with E-state index in [1.165, 1.54) is 24.3 Å². The van der Waals surface area contributed by atoms with Crippen molar-refractivity contribution in [1.29, 1.82) is 0 Å². The Bertz CT molecular complexity index is 1930. The zero-order valence-corrected chi connectivity index (χ0v) is 26.1. The quantitative estimate of drug-likeness (QED) is 0.135. The number of H-pyrrole nitrogens is 1. The fourth-order valence-corrected chi connectivity index (χ4v) is 6.49. The Morgan fingerprint density at radius 3 is 2.44 bits per heavy atom. The summed E-state index contributed by atoms with van der Waals surface area (Å²) in [6.07, 6.45) is 1.74. The molecule has 5 aromatic rings. The van der Waals surface area contributed by atoms with Gasteiger partial charge in [-0.25, -0.2) is 13.2 Å². The van der Waals surface area contributed by atoms with Gasteiger partial charge in [-0.2, -0.15) is 5.10 Å². The maximum absolute atomic E-state index is 14.4. The summed E-state index contributed by atoms with van der Waals surface area (Å²) in [4.78, 5) is 16.2. The molecule has 3 heterocycles. The second-order valence-corrected chi connectivity index (χ2v) is 12.2. The molecule has 2 aliphatic rings. The maximum Gasteiger partial charge on any atom is 0.258 e. The number of carbonyl (C=O) groups is 1. The van der Waals surface area contributed by atoms with Crippen molar-refractivity contribution in [3.05, 3.63) is 101 Å². The van der Waals surface area contributed by atoms with Gasteiger partial charge in [0, 0.05) is 74.3 Å². The normalized spacial score (nSPS) is 15.5. The highest BCUT2D eigenvalue weighted by atomic mass is 19.1. The first kappa shape index (κ1) is 31.5. The van der Waals surface area contributed by atoms with Crippen molar-refractivity contribution in [2.75, 3.05) is 54.9 Å². The largest absolute Gasteiger partial charge is 0.508 e. The highest BCUT2D eigenvalue weighted by Crippen LogP contribution is 2.35. The molecule has 0 saturated carbocycles. The van der Waals surface area contributed by atoms with E-state index in [4.69, 9.17) is 4.74 Å². The molecule has 2 fully saturated rings. The maximum atomic E-state index is 14.4. The summed E-state index contributed by atoms with van der Waals surface area (Å²) in [5.74, 6) is -2.45. The van der Waals surface area contributed by atoms with Gasteiger partial charge in [0.15, 0.2) is 5.82 Å². The van der Waals surface area contributed by atoms with E-state index in [-0.39, 0.29) is 29.9 Å². The lowest BCUT2D eigenvalue weighted by atomic mass is 9.93. The molecule has 1 aromatic heterocycles. The van der Waals surface area contributed by atoms with Crippen LogP contribution < -0.4 is 20.9 Å². The number of piperazine rings is 1. The van der Waals surface area contributed by atoms with E-state index in [0.29, 0.717) is 51.9 Å². The van der Waals surface area contributed by atoms with Gasteiger partial charge in [0.1, 0.15) is 23.2 Å². The minimum absolute atomic E-state index is 0.0858. The van der Waals surface area contributed by atoms with Crippen molar-refractivity contribution < 1.29 is 27.8 Å². The number of fused-ring (bicyclic) bond motifs is 1. The van der Waals surface area contributed by atoms with E-state index in [1.807, 2.05) is 18.2 Å². The van der Waals surface area contributed by atoms with Crippen LogP contribution in [0.4, 0.5) is 30.4 Å². The van der Waals surface area contributed by atoms with Crippen molar-refractivity contribution in [3.63, 3.8) is 0 Å². The Morgan fingerprint density at radius 1 is 0.938 bits per heavy atom. The molecule has 248 valence electrons. The minimum atomic E-state index is -0.722. The molecule has 48 heavy (non-hydrogen) atoms. The Balaban J connectivity index is 1.24. The lowest BCUT2D eigenvalue weighted by Gasteiger charge is -2.31. The lowest BCUT2D eigenvalue weighted by Crippen LogP contribution is -2.43. The number of aromatic hydroxyl groups is 1. The van der Waals surface area contributed by atoms with Gasteiger partial charge >= 0.3 is 0 Å². The second-order valence-electron chi connectivity index (χ2n) is 12.2. The van der Waals surface area contributed by atoms with Gasteiger partial charge in [0.05, 0.1) is 11.1 Å². The van der Waals surface area contributed by atoms with Crippen LogP contribution in [0.1, 0.15) is 34.3 Å². The number of hydrogen-bond donors (Lipinski definition) is 5. The van der Waals surface area contributed by atoms with Crippen LogP contribution in [0.3, 0.4) is 0 Å². The molecule has 0 spiro atoms. The third-order valence-corrected chi connectivity index (χ3v) is 8.84. The molecule has 0 bridgehead atoms. The lowest BCUT2D eigenvalue weighted by molar-refractivity contribution is 0.0904. The number of aromatic nitrogens is 2. The molecule has 0 aliphatic carbocycles. The number of nitrogens with one attached hydrogen (secondary N) is 4. The van der Waals surface area contributed by atoms with Gasteiger partial charge in [-0.15, -0.1) is 0 Å². The van der Waals surface area contributed by atoms with Crippen LogP contribution in [0.5, 0.6) is 5.75 Å². The summed E-state index contributed by atoms with van der Waals surface area (Å²) in [7, 11) is 0. The Hall–Kier alpha value is -5.07. The molecule has 1 amide bonds. The number of ether oxygens (including phenoxy) is 1. The van der Waals surface area contributed by atoms with Gasteiger partial charge in [-0.1, -0.05) is 0 Å². The Labute approximate surface area is 275 Å². The second kappa shape index (κ2) is 13.6. The molecule has 5 N–H and O–H groups in total. The summed E-state index contributed by atoms with van der Waals surface area (Å²) >= 11 is 0. The van der Waals surface area contributed by atoms with E-state index in [1.54, 1.807) is 12.1 Å². The molecule has 12 heteroatoms. The van der Waals surface area contributed by atoms with Gasteiger partial charge in [0.2, 0.25) is 0 Å². The summed E-state index contributed by atoms with van der Waals surface area (Å²) < 4.78 is 48.2. The van der Waals surface area contributed by atoms with Crippen LogP contribution in [0.15, 0.2) is 66.7 Å². The van der Waals surface area contributed by atoms with Gasteiger partial charge < -0.3 is 30.7 Å². The summed E-state index contributed by atoms with van der Waals surface area (Å²) in [5.41, 5.74) is 4.57. The Kier molecular flexibility index (Phi) is 8.92. The number of amides is 1. The average molecular weight is 657 g/mol. The van der Waals surface area contributed by atoms with Crippen LogP contribution in [-0.2, 0) is 11.2 Å². The zero-order valence-electron chi connectivity index (χ0n) is 26.1. The SMILES string of the molecule is O=C(Nc1n[nH]c2cc(-c3cc(O)cc(F)c3)c(Cc3cc(F)cc(F)c3)cc12)c1ccc(N2CCNCC2)cc1NC1CCOCC1. The monoisotopic (exact) mass is 656 g/mol. The first-order valence-corrected chi connectivity index (χ1v) is 16.0. The number of carbonyl (C=O) groups excluding carboxylic acids is 1. The topological polar surface area (TPSA) is 115 Å². The molecular formula is C36H35F3N6O3. The molecule has 4 aromatic carbocycles. The molecule has 2 saturated heterocycles. The third-order valence-electron chi connectivity index (χ3n) is 8.84. The van der Waals surface area contributed by atoms with Gasteiger partial charge in [0.25, 0.3) is 5.91 Å². The number of nitrogens with zero attached hydrogens (tertiary/aromatic N) is 2. The number of anilines is 3. The van der Waals surface area contributed by atoms with Crippen molar-refractivity contribution >= 4 is 34.0 Å². The predicted octanol–water partition coefficient (Wildman–Crippen LogP) is 6.20. The minimum Gasteiger partial charge on any atom is -0.508 e. The number of hydrogen-bond acceptors (Lipinski definition) is 7. The van der Waals surface area contributed by atoms with E-state index < -0.39 is 17.5 Å². The fourth-order valence-electron chi connectivity index (χ4n) is 6.49. The van der Waals surface area contributed by atoms with Crippen LogP contribution in [-0.4, -0.2) is 66.6 Å². The Morgan fingerprint density at radius 2 is 1.69 bits per heavy atom. The van der Waals surface area contributed by atoms with Crippen LogP contribution in [0.25, 0.3) is 22.0 Å². The summed E-state index contributed by atoms with van der Waals surface area (Å²) in [5, 5.41) is 27.9. The first-order valence-electron chi connectivity index (χ1n) is 16.0. The third kappa shape index (κ3) is 6.95. The molecule has 7 rings (SSSR count). The van der Waals surface area contributed by atoms with Crippen molar-refractivity contribution in [2.45, 2.75) is 25.3 Å². The van der Waals surface area contributed by atoms with Crippen molar-refractivity contribution in [1.82, 2.24) is 15.5 Å². The molecule has 0 radical (unpaired) electrons. The van der Waals surface area contributed by atoms with E-state index >= 15 is 0 Å². The van der Waals surface area contributed by atoms with Crippen molar-refractivity contribution in [2.24, 2.45) is 0 Å². The molecule has 2 aliphatic heterocycles. The van der Waals surface area contributed by atoms with E-state index in [9.17, 15) is 23.1 Å². The number of phenols is 1. The highest BCUT2D eigenvalue weighted by molar-refractivity contribution is 6.11. The molecule has 9 nitrogen and oxygen atoms in total. The number of halogens is 3. The van der Waals surface area contributed by atoms with Crippen LogP contribution in [0, 0.1) is 17.5 Å². The van der Waals surface area contributed by atoms with Crippen molar-refractivity contribution in [3.8, 4) is 16.9 Å². The fraction of sp³-hybridized carbons (Fsp3) is 0.278. The summed E-state index contributed by atoms with van der Waals surface area (Å²) in [6, 6.07) is 16.4. The standard InChI is InChI=1S/C36H35F3N6O3/c37-24-12-21(13-25(38)17-24)11-22-16-32-34(20-31(22)23-14-26(39)18-29(46)15-23)43-44-35(32)42-36(47)30-2-1-28(45-7-5-40-6-8-45)19-33(30)41-27-3-9-48-10-4-27/h1-2,12-20,27,40-41,46H,3-11H2,(H2,42,43,44,47).